The summed E-state index contributed by atoms with van der Waals surface area (Å²) >= 11 is 3.34. The Bertz CT molecular complexity index is 1390. The normalized spacial score (nSPS) is 17.2. The van der Waals surface area contributed by atoms with Gasteiger partial charge < -0.3 is 19.5 Å². The number of ketones is 1. The third-order valence-corrected chi connectivity index (χ3v) is 6.62. The topological polar surface area (TPSA) is 76.1 Å². The van der Waals surface area contributed by atoms with E-state index in [1.54, 1.807) is 36.4 Å². The summed E-state index contributed by atoms with van der Waals surface area (Å²) < 4.78 is 50.7. The second-order valence-corrected chi connectivity index (χ2v) is 9.10. The largest absolute Gasteiger partial charge is 0.507 e. The van der Waals surface area contributed by atoms with Gasteiger partial charge in [-0.15, -0.1) is 0 Å². The SMILES string of the molecule is COc1ccc(C2/C(=C(\O)c3ccc(OC)c(Br)c3)C(=O)C(=O)N2Cc2cccc(C(F)(F)F)c2)cc1. The van der Waals surface area contributed by atoms with Gasteiger partial charge >= 0.3 is 6.18 Å². The monoisotopic (exact) mass is 575 g/mol. The quantitative estimate of drug-likeness (QED) is 0.218. The maximum atomic E-state index is 13.3. The average molecular weight is 576 g/mol. The number of hydrogen-bond donors (Lipinski definition) is 1. The Hall–Kier alpha value is -3.79. The molecular formula is C27H21BrF3NO5. The van der Waals surface area contributed by atoms with Gasteiger partial charge in [-0.1, -0.05) is 24.3 Å². The van der Waals surface area contributed by atoms with E-state index in [1.165, 1.54) is 32.4 Å². The molecule has 37 heavy (non-hydrogen) atoms. The molecule has 0 spiro atoms. The first-order valence-electron chi connectivity index (χ1n) is 11.0. The molecule has 1 heterocycles. The smallest absolute Gasteiger partial charge is 0.416 e. The lowest BCUT2D eigenvalue weighted by Gasteiger charge is -2.26. The molecule has 0 saturated carbocycles. The summed E-state index contributed by atoms with van der Waals surface area (Å²) in [6.45, 7) is -0.283. The zero-order valence-electron chi connectivity index (χ0n) is 19.7. The number of alkyl halides is 3. The van der Waals surface area contributed by atoms with Crippen molar-refractivity contribution in [3.63, 3.8) is 0 Å². The van der Waals surface area contributed by atoms with Gasteiger partial charge in [0.2, 0.25) is 0 Å². The number of aliphatic hydroxyl groups is 1. The van der Waals surface area contributed by atoms with Gasteiger partial charge in [-0.2, -0.15) is 13.2 Å². The standard InChI is InChI=1S/C27H21BrF3NO5/c1-36-19-9-6-16(7-10-19)23-22(24(33)17-8-11-21(37-2)20(28)13-17)25(34)26(35)32(23)14-15-4-3-5-18(12-15)27(29,30)31/h3-13,23,33H,14H2,1-2H3/b24-22+. The summed E-state index contributed by atoms with van der Waals surface area (Å²) in [5.74, 6) is -1.29. The molecule has 1 N–H and O–H groups in total. The highest BCUT2D eigenvalue weighted by atomic mass is 79.9. The highest BCUT2D eigenvalue weighted by Gasteiger charge is 2.46. The predicted octanol–water partition coefficient (Wildman–Crippen LogP) is 6.11. The van der Waals surface area contributed by atoms with Gasteiger partial charge in [-0.05, 0) is 69.5 Å². The van der Waals surface area contributed by atoms with Crippen molar-refractivity contribution in [1.82, 2.24) is 4.90 Å². The molecule has 1 aliphatic rings. The van der Waals surface area contributed by atoms with Crippen LogP contribution in [0.4, 0.5) is 13.2 Å². The Labute approximate surface area is 219 Å². The van der Waals surface area contributed by atoms with Crippen LogP contribution >= 0.6 is 15.9 Å². The number of benzene rings is 3. The molecule has 3 aromatic rings. The molecule has 10 heteroatoms. The van der Waals surface area contributed by atoms with E-state index in [9.17, 15) is 27.9 Å². The second kappa shape index (κ2) is 10.3. The molecule has 4 rings (SSSR count). The predicted molar refractivity (Wildman–Crippen MR) is 133 cm³/mol. The number of ether oxygens (including phenoxy) is 2. The first-order valence-corrected chi connectivity index (χ1v) is 11.8. The van der Waals surface area contributed by atoms with Gasteiger partial charge in [0, 0.05) is 12.1 Å². The van der Waals surface area contributed by atoms with E-state index in [4.69, 9.17) is 9.47 Å². The number of rotatable bonds is 6. The average Bonchev–Trinajstić information content (AvgIpc) is 3.12. The maximum Gasteiger partial charge on any atom is 0.416 e. The minimum Gasteiger partial charge on any atom is -0.507 e. The van der Waals surface area contributed by atoms with E-state index in [2.05, 4.69) is 15.9 Å². The minimum absolute atomic E-state index is 0.181. The van der Waals surface area contributed by atoms with Crippen molar-refractivity contribution in [2.24, 2.45) is 0 Å². The van der Waals surface area contributed by atoms with Crippen LogP contribution in [0, 0.1) is 0 Å². The Morgan fingerprint density at radius 1 is 1.00 bits per heavy atom. The summed E-state index contributed by atoms with van der Waals surface area (Å²) in [6, 6.07) is 14.7. The van der Waals surface area contributed by atoms with Crippen LogP contribution in [0.2, 0.25) is 0 Å². The number of hydrogen-bond acceptors (Lipinski definition) is 5. The van der Waals surface area contributed by atoms with E-state index < -0.39 is 35.2 Å². The molecule has 1 fully saturated rings. The van der Waals surface area contributed by atoms with Crippen molar-refractivity contribution in [3.05, 3.63) is 99.0 Å². The molecule has 1 unspecified atom stereocenters. The number of amides is 1. The van der Waals surface area contributed by atoms with Crippen LogP contribution in [-0.4, -0.2) is 35.9 Å². The molecule has 3 aromatic carbocycles. The first kappa shape index (κ1) is 26.3. The van der Waals surface area contributed by atoms with Gasteiger partial charge in [-0.3, -0.25) is 9.59 Å². The van der Waals surface area contributed by atoms with Crippen molar-refractivity contribution in [1.29, 1.82) is 0 Å². The summed E-state index contributed by atoms with van der Waals surface area (Å²) in [5.41, 5.74) is -0.142. The number of carbonyl (C=O) groups is 2. The van der Waals surface area contributed by atoms with Gasteiger partial charge in [-0.25, -0.2) is 0 Å². The molecule has 0 aromatic heterocycles. The van der Waals surface area contributed by atoms with Crippen LogP contribution in [-0.2, 0) is 22.3 Å². The number of Topliss-reactive ketones (excluding diaryl/α,β-unsaturated/α-hetero) is 1. The lowest BCUT2D eigenvalue weighted by Crippen LogP contribution is -2.29. The van der Waals surface area contributed by atoms with Gasteiger partial charge in [0.25, 0.3) is 11.7 Å². The fraction of sp³-hybridized carbons (Fsp3) is 0.185. The molecule has 1 saturated heterocycles. The fourth-order valence-electron chi connectivity index (χ4n) is 4.19. The molecule has 1 aliphatic heterocycles. The molecule has 0 radical (unpaired) electrons. The van der Waals surface area contributed by atoms with Crippen LogP contribution in [0.5, 0.6) is 11.5 Å². The third kappa shape index (κ3) is 5.20. The zero-order valence-corrected chi connectivity index (χ0v) is 21.3. The number of aliphatic hydroxyl groups excluding tert-OH is 1. The van der Waals surface area contributed by atoms with Gasteiger partial charge in [0.15, 0.2) is 0 Å². The van der Waals surface area contributed by atoms with Gasteiger partial charge in [0.1, 0.15) is 17.3 Å². The van der Waals surface area contributed by atoms with Crippen LogP contribution in [0.15, 0.2) is 76.8 Å². The number of methoxy groups -OCH3 is 2. The summed E-state index contributed by atoms with van der Waals surface area (Å²) in [5, 5.41) is 11.2. The van der Waals surface area contributed by atoms with Gasteiger partial charge in [0.05, 0.1) is 35.9 Å². The number of carbonyl (C=O) groups excluding carboxylic acids is 2. The van der Waals surface area contributed by atoms with E-state index in [0.717, 1.165) is 17.0 Å². The summed E-state index contributed by atoms with van der Waals surface area (Å²) in [4.78, 5) is 27.5. The van der Waals surface area contributed by atoms with Crippen molar-refractivity contribution in [2.45, 2.75) is 18.8 Å². The number of halogens is 4. The van der Waals surface area contributed by atoms with E-state index in [0.29, 0.717) is 21.5 Å². The van der Waals surface area contributed by atoms with E-state index in [-0.39, 0.29) is 23.2 Å². The van der Waals surface area contributed by atoms with Crippen LogP contribution in [0.25, 0.3) is 5.76 Å². The first-order chi connectivity index (χ1) is 17.5. The summed E-state index contributed by atoms with van der Waals surface area (Å²) in [6.07, 6.45) is -4.57. The Morgan fingerprint density at radius 2 is 1.70 bits per heavy atom. The Morgan fingerprint density at radius 3 is 2.30 bits per heavy atom. The highest BCUT2D eigenvalue weighted by Crippen LogP contribution is 2.42. The lowest BCUT2D eigenvalue weighted by molar-refractivity contribution is -0.140. The third-order valence-electron chi connectivity index (χ3n) is 6.00. The van der Waals surface area contributed by atoms with Crippen molar-refractivity contribution < 1.29 is 37.3 Å². The molecule has 192 valence electrons. The lowest BCUT2D eigenvalue weighted by atomic mass is 9.95. The van der Waals surface area contributed by atoms with Crippen molar-refractivity contribution in [2.75, 3.05) is 14.2 Å². The summed E-state index contributed by atoms with van der Waals surface area (Å²) in [7, 11) is 2.96. The molecule has 6 nitrogen and oxygen atoms in total. The van der Waals surface area contributed by atoms with E-state index in [1.807, 2.05) is 0 Å². The molecule has 1 amide bonds. The van der Waals surface area contributed by atoms with Crippen LogP contribution in [0.3, 0.4) is 0 Å². The van der Waals surface area contributed by atoms with Crippen LogP contribution in [0.1, 0.15) is 28.3 Å². The minimum atomic E-state index is -4.57. The van der Waals surface area contributed by atoms with E-state index >= 15 is 0 Å². The Kier molecular flexibility index (Phi) is 7.31. The molecule has 0 aliphatic carbocycles. The Balaban J connectivity index is 1.84. The van der Waals surface area contributed by atoms with Crippen LogP contribution < -0.4 is 9.47 Å². The molecule has 1 atom stereocenters. The van der Waals surface area contributed by atoms with Crippen molar-refractivity contribution >= 4 is 33.4 Å². The molecule has 0 bridgehead atoms. The number of nitrogens with zero attached hydrogens (tertiary/aromatic N) is 1. The highest BCUT2D eigenvalue weighted by molar-refractivity contribution is 9.10. The fourth-order valence-corrected chi connectivity index (χ4v) is 4.73. The van der Waals surface area contributed by atoms with Crippen molar-refractivity contribution in [3.8, 4) is 11.5 Å². The zero-order chi connectivity index (χ0) is 26.9. The molecular weight excluding hydrogens is 555 g/mol. The second-order valence-electron chi connectivity index (χ2n) is 8.25. The maximum absolute atomic E-state index is 13.3. The number of likely N-dealkylation sites (tertiary alicyclic amines) is 1.